The standard InChI is InChI=1S/C4H2NO.CH3.Al.H/c6-4-1-2-5-3-4;;;/h1-2H;1H3;;. The number of hydrogen-bond donors (Lipinski definition) is 0. The van der Waals surface area contributed by atoms with Crippen LogP contribution in [0.4, 0.5) is 0 Å². The minimum Gasteiger partial charge on any atom is -0.290 e. The number of ketones is 1. The van der Waals surface area contributed by atoms with Gasteiger partial charge in [-0.1, -0.05) is 0 Å². The van der Waals surface area contributed by atoms with Gasteiger partial charge in [-0.25, -0.2) is 0 Å². The summed E-state index contributed by atoms with van der Waals surface area (Å²) in [6.07, 6.45) is 3.10. The van der Waals surface area contributed by atoms with Crippen molar-refractivity contribution < 1.29 is 4.79 Å². The van der Waals surface area contributed by atoms with Crippen LogP contribution in [0.3, 0.4) is 0 Å². The Bertz CT molecular complexity index is 171. The first-order chi connectivity index (χ1) is 3.84. The number of aliphatic imine (C=N–C) groups is 1. The lowest BCUT2D eigenvalue weighted by molar-refractivity contribution is -0.108. The third kappa shape index (κ3) is 0.885. The Hall–Kier alpha value is -0.388. The first-order valence-electron chi connectivity index (χ1n) is 2.62. The molecule has 0 aliphatic carbocycles. The van der Waals surface area contributed by atoms with Crippen LogP contribution < -0.4 is 0 Å². The summed E-state index contributed by atoms with van der Waals surface area (Å²) in [5.74, 6) is 2.18. The van der Waals surface area contributed by atoms with Crippen LogP contribution in [0.15, 0.2) is 17.3 Å². The summed E-state index contributed by atoms with van der Waals surface area (Å²) in [7, 11) is 0. The van der Waals surface area contributed by atoms with Crippen LogP contribution in [0.25, 0.3) is 0 Å². The van der Waals surface area contributed by atoms with Gasteiger partial charge in [-0.15, -0.1) is 5.79 Å². The van der Waals surface area contributed by atoms with Gasteiger partial charge in [0.2, 0.25) is 0 Å². The third-order valence-electron chi connectivity index (χ3n) is 1.08. The van der Waals surface area contributed by atoms with Crippen LogP contribution in [0, 0.1) is 0 Å². The Morgan fingerprint density at radius 2 is 2.50 bits per heavy atom. The van der Waals surface area contributed by atoms with Crippen molar-refractivity contribution in [3.8, 4) is 0 Å². The number of hydrogen-bond acceptors (Lipinski definition) is 2. The second-order valence-electron chi connectivity index (χ2n) is 1.61. The summed E-state index contributed by atoms with van der Waals surface area (Å²) in [4.78, 5) is 14.5. The summed E-state index contributed by atoms with van der Waals surface area (Å²) in [6.45, 7) is 0. The zero-order valence-electron chi connectivity index (χ0n) is 4.72. The number of carbonyl (C=O) groups excluding carboxylic acids is 1. The molecule has 2 nitrogen and oxygen atoms in total. The molecule has 0 radical (unpaired) electrons. The second-order valence-corrected chi connectivity index (χ2v) is 2.99. The lowest BCUT2D eigenvalue weighted by Crippen LogP contribution is -2.12. The maximum Gasteiger partial charge on any atom is 0.316 e. The van der Waals surface area contributed by atoms with E-state index >= 15 is 0 Å². The monoisotopic (exact) mass is 123 g/mol. The molecule has 1 rings (SSSR count). The highest BCUT2D eigenvalue weighted by atomic mass is 27.1. The van der Waals surface area contributed by atoms with Crippen LogP contribution in [0.2, 0.25) is 5.79 Å². The molecular weight excluding hydrogens is 117 g/mol. The lowest BCUT2D eigenvalue weighted by atomic mass is 10.4. The molecule has 0 N–H and O–H groups in total. The number of nitrogens with zero attached hydrogens (tertiary/aromatic N) is 1. The van der Waals surface area contributed by atoms with E-state index in [1.54, 1.807) is 6.20 Å². The lowest BCUT2D eigenvalue weighted by Gasteiger charge is -1.83. The zero-order chi connectivity index (χ0) is 5.98. The van der Waals surface area contributed by atoms with E-state index < -0.39 is 0 Å². The maximum absolute atomic E-state index is 10.6. The molecule has 1 heterocycles. The normalized spacial score (nSPS) is 16.6. The fourth-order valence-electron chi connectivity index (χ4n) is 0.620. The van der Waals surface area contributed by atoms with Gasteiger partial charge in [0.1, 0.15) is 0 Å². The predicted molar refractivity (Wildman–Crippen MR) is 34.6 cm³/mol. The summed E-state index contributed by atoms with van der Waals surface area (Å²) >= 11 is -0.319. The predicted octanol–water partition coefficient (Wildman–Crippen LogP) is -0.0341. The van der Waals surface area contributed by atoms with E-state index in [1.807, 2.05) is 0 Å². The molecule has 8 heavy (non-hydrogen) atoms. The van der Waals surface area contributed by atoms with Crippen LogP contribution in [-0.4, -0.2) is 25.6 Å². The molecule has 0 atom stereocenters. The molecular formula is C5H6AlNO. The van der Waals surface area contributed by atoms with Gasteiger partial charge in [0, 0.05) is 16.8 Å². The van der Waals surface area contributed by atoms with E-state index in [1.165, 1.54) is 6.08 Å². The fourth-order valence-corrected chi connectivity index (χ4v) is 1.37. The number of carbonyl (C=O) groups is 1. The van der Waals surface area contributed by atoms with Crippen molar-refractivity contribution in [1.82, 2.24) is 0 Å². The van der Waals surface area contributed by atoms with Crippen molar-refractivity contribution in [1.29, 1.82) is 0 Å². The smallest absolute Gasteiger partial charge is 0.290 e. The maximum atomic E-state index is 10.6. The Morgan fingerprint density at radius 3 is 2.75 bits per heavy atom. The van der Waals surface area contributed by atoms with Gasteiger partial charge in [-0.3, -0.25) is 9.79 Å². The molecule has 0 spiro atoms. The van der Waals surface area contributed by atoms with Crippen LogP contribution >= 0.6 is 0 Å². The van der Waals surface area contributed by atoms with Gasteiger partial charge < -0.3 is 0 Å². The Labute approximate surface area is 54.0 Å². The number of allylic oxidation sites excluding steroid dienone is 1. The quantitative estimate of drug-likeness (QED) is 0.450. The molecule has 0 saturated carbocycles. The molecule has 0 aromatic rings. The Kier molecular flexibility index (Phi) is 1.62. The van der Waals surface area contributed by atoms with Gasteiger partial charge in [0.25, 0.3) is 0 Å². The highest BCUT2D eigenvalue weighted by Crippen LogP contribution is 1.92. The fraction of sp³-hybridized carbons (Fsp3) is 0.200. The molecule has 0 amide bonds. The van der Waals surface area contributed by atoms with Crippen LogP contribution in [0.1, 0.15) is 0 Å². The van der Waals surface area contributed by atoms with E-state index in [-0.39, 0.29) is 21.0 Å². The van der Waals surface area contributed by atoms with E-state index in [4.69, 9.17) is 0 Å². The third-order valence-corrected chi connectivity index (χ3v) is 2.28. The molecule has 1 aliphatic heterocycles. The Balaban J connectivity index is 2.73. The molecule has 0 unspecified atom stereocenters. The topological polar surface area (TPSA) is 29.4 Å². The first kappa shape index (κ1) is 5.74. The van der Waals surface area contributed by atoms with Gasteiger partial charge in [-0.2, -0.15) is 0 Å². The minimum absolute atomic E-state index is 0.124. The van der Waals surface area contributed by atoms with Gasteiger partial charge in [0.15, 0.2) is 5.78 Å². The van der Waals surface area contributed by atoms with E-state index in [2.05, 4.69) is 10.8 Å². The highest BCUT2D eigenvalue weighted by molar-refractivity contribution is 6.90. The average Bonchev–Trinajstić information content (AvgIpc) is 2.14. The van der Waals surface area contributed by atoms with Gasteiger partial charge in [-0.05, 0) is 0 Å². The van der Waals surface area contributed by atoms with E-state index in [0.717, 1.165) is 4.57 Å². The van der Waals surface area contributed by atoms with E-state index in [0.29, 0.717) is 0 Å². The molecule has 1 aliphatic rings. The average molecular weight is 123 g/mol. The molecule has 0 aromatic heterocycles. The van der Waals surface area contributed by atoms with Crippen molar-refractivity contribution >= 4 is 25.6 Å². The molecule has 0 fully saturated rings. The van der Waals surface area contributed by atoms with Gasteiger partial charge in [0.05, 0.1) is 0 Å². The Morgan fingerprint density at radius 1 is 1.75 bits per heavy atom. The highest BCUT2D eigenvalue weighted by Gasteiger charge is 2.08. The summed E-state index contributed by atoms with van der Waals surface area (Å²) in [5.41, 5.74) is 0. The SMILES string of the molecule is [CH3][AlH][C]1=NC=CC1=O. The number of rotatable bonds is 1. The largest absolute Gasteiger partial charge is 0.316 e. The van der Waals surface area contributed by atoms with Crippen LogP contribution in [0.5, 0.6) is 0 Å². The van der Waals surface area contributed by atoms with Crippen molar-refractivity contribution in [3.63, 3.8) is 0 Å². The van der Waals surface area contributed by atoms with Crippen molar-refractivity contribution in [2.45, 2.75) is 5.79 Å². The first-order valence-corrected chi connectivity index (χ1v) is 4.74. The molecule has 0 aromatic carbocycles. The van der Waals surface area contributed by atoms with Crippen molar-refractivity contribution in [2.75, 3.05) is 0 Å². The minimum atomic E-state index is -0.319. The molecule has 0 saturated heterocycles. The van der Waals surface area contributed by atoms with Crippen molar-refractivity contribution in [3.05, 3.63) is 12.3 Å². The summed E-state index contributed by atoms with van der Waals surface area (Å²) in [6, 6.07) is 0. The molecule has 40 valence electrons. The second kappa shape index (κ2) is 2.25. The van der Waals surface area contributed by atoms with Gasteiger partial charge >= 0.3 is 15.2 Å². The van der Waals surface area contributed by atoms with E-state index in [9.17, 15) is 4.79 Å². The van der Waals surface area contributed by atoms with Crippen molar-refractivity contribution in [2.24, 2.45) is 4.99 Å². The molecule has 0 bridgehead atoms. The summed E-state index contributed by atoms with van der Waals surface area (Å²) < 4.78 is 0.810. The zero-order valence-corrected chi connectivity index (χ0v) is 6.13. The van der Waals surface area contributed by atoms with Crippen LogP contribution in [-0.2, 0) is 4.79 Å². The molecule has 3 heteroatoms. The summed E-state index contributed by atoms with van der Waals surface area (Å²) in [5, 5.41) is 0.